The number of halogens is 1. The van der Waals surface area contributed by atoms with Crippen molar-refractivity contribution in [2.45, 2.75) is 26.3 Å². The zero-order valence-electron chi connectivity index (χ0n) is 12.8. The second-order valence-corrected chi connectivity index (χ2v) is 5.93. The van der Waals surface area contributed by atoms with Crippen molar-refractivity contribution in [3.8, 4) is 5.75 Å². The van der Waals surface area contributed by atoms with E-state index in [4.69, 9.17) is 4.74 Å². The lowest BCUT2D eigenvalue weighted by molar-refractivity contribution is 0.414. The van der Waals surface area contributed by atoms with Crippen LogP contribution in [0.15, 0.2) is 46.9 Å². The Labute approximate surface area is 135 Å². The van der Waals surface area contributed by atoms with E-state index in [1.165, 1.54) is 21.2 Å². The Morgan fingerprint density at radius 1 is 1.14 bits per heavy atom. The molecule has 2 aromatic rings. The van der Waals surface area contributed by atoms with Gasteiger partial charge in [-0.15, -0.1) is 0 Å². The maximum Gasteiger partial charge on any atom is 0.118 e. The van der Waals surface area contributed by atoms with Gasteiger partial charge in [0.1, 0.15) is 5.75 Å². The summed E-state index contributed by atoms with van der Waals surface area (Å²) in [5.74, 6) is 0.885. The lowest BCUT2D eigenvalue weighted by Crippen LogP contribution is -2.23. The standard InChI is InChI=1S/C18H22BrNO/c1-4-12-20-18(14-8-10-15(21-3)11-9-14)16-7-5-6-13(2)17(16)19/h5-11,18,20H,4,12H2,1-3H3. The summed E-state index contributed by atoms with van der Waals surface area (Å²) in [6.45, 7) is 5.29. The van der Waals surface area contributed by atoms with Gasteiger partial charge < -0.3 is 10.1 Å². The predicted molar refractivity (Wildman–Crippen MR) is 92.0 cm³/mol. The van der Waals surface area contributed by atoms with Crippen LogP contribution in [0.25, 0.3) is 0 Å². The molecule has 0 radical (unpaired) electrons. The first-order valence-corrected chi connectivity index (χ1v) is 8.09. The van der Waals surface area contributed by atoms with E-state index in [0.717, 1.165) is 18.7 Å². The molecule has 0 aliphatic carbocycles. The van der Waals surface area contributed by atoms with Crippen LogP contribution in [0.5, 0.6) is 5.75 Å². The monoisotopic (exact) mass is 347 g/mol. The molecule has 0 amide bonds. The van der Waals surface area contributed by atoms with Gasteiger partial charge in [0, 0.05) is 4.47 Å². The summed E-state index contributed by atoms with van der Waals surface area (Å²) in [7, 11) is 1.69. The van der Waals surface area contributed by atoms with Crippen molar-refractivity contribution in [3.63, 3.8) is 0 Å². The van der Waals surface area contributed by atoms with E-state index >= 15 is 0 Å². The maximum atomic E-state index is 5.25. The van der Waals surface area contributed by atoms with Crippen molar-refractivity contribution in [2.24, 2.45) is 0 Å². The minimum Gasteiger partial charge on any atom is -0.497 e. The summed E-state index contributed by atoms with van der Waals surface area (Å²) in [4.78, 5) is 0. The Morgan fingerprint density at radius 2 is 1.86 bits per heavy atom. The molecule has 0 heterocycles. The van der Waals surface area contributed by atoms with Crippen LogP contribution >= 0.6 is 15.9 Å². The predicted octanol–water partition coefficient (Wildman–Crippen LogP) is 4.86. The van der Waals surface area contributed by atoms with E-state index in [1.807, 2.05) is 12.1 Å². The molecule has 112 valence electrons. The molecule has 1 atom stereocenters. The van der Waals surface area contributed by atoms with Gasteiger partial charge in [0.2, 0.25) is 0 Å². The van der Waals surface area contributed by atoms with E-state index in [0.29, 0.717) is 0 Å². The fourth-order valence-corrected chi connectivity index (χ4v) is 2.88. The van der Waals surface area contributed by atoms with Gasteiger partial charge in [-0.3, -0.25) is 0 Å². The lowest BCUT2D eigenvalue weighted by atomic mass is 9.97. The molecule has 0 aromatic heterocycles. The minimum atomic E-state index is 0.185. The number of hydrogen-bond acceptors (Lipinski definition) is 2. The average Bonchev–Trinajstić information content (AvgIpc) is 2.52. The van der Waals surface area contributed by atoms with Crippen LogP contribution in [0.1, 0.15) is 36.1 Å². The quantitative estimate of drug-likeness (QED) is 0.805. The van der Waals surface area contributed by atoms with E-state index in [1.54, 1.807) is 7.11 Å². The SMILES string of the molecule is CCCNC(c1ccc(OC)cc1)c1cccc(C)c1Br. The summed E-state index contributed by atoms with van der Waals surface area (Å²) in [6, 6.07) is 14.9. The van der Waals surface area contributed by atoms with Gasteiger partial charge in [-0.2, -0.15) is 0 Å². The van der Waals surface area contributed by atoms with Crippen molar-refractivity contribution in [2.75, 3.05) is 13.7 Å². The first-order chi connectivity index (χ1) is 10.2. The minimum absolute atomic E-state index is 0.185. The Balaban J connectivity index is 2.39. The molecule has 21 heavy (non-hydrogen) atoms. The average molecular weight is 348 g/mol. The van der Waals surface area contributed by atoms with Crippen molar-refractivity contribution in [1.29, 1.82) is 0 Å². The number of benzene rings is 2. The second-order valence-electron chi connectivity index (χ2n) is 5.14. The van der Waals surface area contributed by atoms with Gasteiger partial charge in [0.15, 0.2) is 0 Å². The van der Waals surface area contributed by atoms with Gasteiger partial charge in [-0.05, 0) is 48.7 Å². The van der Waals surface area contributed by atoms with E-state index in [9.17, 15) is 0 Å². The molecule has 0 aliphatic rings. The number of methoxy groups -OCH3 is 1. The van der Waals surface area contributed by atoms with Crippen LogP contribution in [0.3, 0.4) is 0 Å². The van der Waals surface area contributed by atoms with Gasteiger partial charge >= 0.3 is 0 Å². The van der Waals surface area contributed by atoms with Gasteiger partial charge in [-0.1, -0.05) is 53.2 Å². The number of hydrogen-bond donors (Lipinski definition) is 1. The molecule has 0 spiro atoms. The zero-order valence-corrected chi connectivity index (χ0v) is 14.4. The molecule has 1 N–H and O–H groups in total. The van der Waals surface area contributed by atoms with Crippen LogP contribution in [-0.2, 0) is 0 Å². The third-order valence-corrected chi connectivity index (χ3v) is 4.66. The fourth-order valence-electron chi connectivity index (χ4n) is 2.39. The van der Waals surface area contributed by atoms with Crippen LogP contribution in [0.2, 0.25) is 0 Å². The molecule has 1 unspecified atom stereocenters. The fraction of sp³-hybridized carbons (Fsp3) is 0.333. The van der Waals surface area contributed by atoms with Crippen molar-refractivity contribution < 1.29 is 4.74 Å². The Kier molecular flexibility index (Phi) is 5.83. The highest BCUT2D eigenvalue weighted by atomic mass is 79.9. The molecule has 2 nitrogen and oxygen atoms in total. The first kappa shape index (κ1) is 16.1. The third-order valence-electron chi connectivity index (χ3n) is 3.58. The Hall–Kier alpha value is -1.32. The summed E-state index contributed by atoms with van der Waals surface area (Å²) in [5.41, 5.74) is 3.77. The number of rotatable bonds is 6. The van der Waals surface area contributed by atoms with Crippen LogP contribution in [-0.4, -0.2) is 13.7 Å². The highest BCUT2D eigenvalue weighted by Crippen LogP contribution is 2.31. The molecule has 0 saturated carbocycles. The molecular formula is C18H22BrNO. The van der Waals surface area contributed by atoms with Crippen LogP contribution in [0, 0.1) is 6.92 Å². The third kappa shape index (κ3) is 3.86. The summed E-state index contributed by atoms with van der Waals surface area (Å²) in [5, 5.41) is 3.64. The van der Waals surface area contributed by atoms with E-state index < -0.39 is 0 Å². The van der Waals surface area contributed by atoms with Gasteiger partial charge in [0.05, 0.1) is 13.2 Å². The maximum absolute atomic E-state index is 5.25. The highest BCUT2D eigenvalue weighted by molar-refractivity contribution is 9.10. The van der Waals surface area contributed by atoms with Crippen LogP contribution < -0.4 is 10.1 Å². The summed E-state index contributed by atoms with van der Waals surface area (Å²) in [6.07, 6.45) is 1.11. The molecule has 2 rings (SSSR count). The Bertz CT molecular complexity index is 580. The number of ether oxygens (including phenoxy) is 1. The van der Waals surface area contributed by atoms with Crippen molar-refractivity contribution in [3.05, 3.63) is 63.6 Å². The Morgan fingerprint density at radius 3 is 2.48 bits per heavy atom. The van der Waals surface area contributed by atoms with Crippen LogP contribution in [0.4, 0.5) is 0 Å². The highest BCUT2D eigenvalue weighted by Gasteiger charge is 2.17. The molecule has 0 fully saturated rings. The molecule has 0 bridgehead atoms. The summed E-state index contributed by atoms with van der Waals surface area (Å²) < 4.78 is 6.42. The van der Waals surface area contributed by atoms with Crippen molar-refractivity contribution in [1.82, 2.24) is 5.32 Å². The lowest BCUT2D eigenvalue weighted by Gasteiger charge is -2.22. The summed E-state index contributed by atoms with van der Waals surface area (Å²) >= 11 is 3.73. The molecular weight excluding hydrogens is 326 g/mol. The molecule has 0 saturated heterocycles. The molecule has 3 heteroatoms. The topological polar surface area (TPSA) is 21.3 Å². The molecule has 0 aliphatic heterocycles. The van der Waals surface area contributed by atoms with Gasteiger partial charge in [-0.25, -0.2) is 0 Å². The number of aryl methyl sites for hydroxylation is 1. The molecule has 2 aromatic carbocycles. The largest absolute Gasteiger partial charge is 0.497 e. The van der Waals surface area contributed by atoms with E-state index in [-0.39, 0.29) is 6.04 Å². The smallest absolute Gasteiger partial charge is 0.118 e. The normalized spacial score (nSPS) is 12.2. The van der Waals surface area contributed by atoms with Crippen molar-refractivity contribution >= 4 is 15.9 Å². The van der Waals surface area contributed by atoms with E-state index in [2.05, 4.69) is 65.4 Å². The van der Waals surface area contributed by atoms with Gasteiger partial charge in [0.25, 0.3) is 0 Å². The first-order valence-electron chi connectivity index (χ1n) is 7.29. The second kappa shape index (κ2) is 7.62. The number of nitrogens with one attached hydrogen (secondary N) is 1. The zero-order chi connectivity index (χ0) is 15.2.